The zero-order valence-corrected chi connectivity index (χ0v) is 18.0. The largest absolute Gasteiger partial charge is 0.350 e. The standard InChI is InChI=1S/C23H23ClN4O3/c1-15-6-5-8-18(12-15)26-23(31)27-20-11-10-16(2)28(22(20)30)14-21(29)25-13-17-7-3-4-9-19(17)24/h3-12H,13-14H2,1-2H3,(H,25,29)(H2,26,27,31). The van der Waals surface area contributed by atoms with Crippen LogP contribution in [0.25, 0.3) is 0 Å². The summed E-state index contributed by atoms with van der Waals surface area (Å²) in [5.74, 6) is -0.341. The first-order valence-corrected chi connectivity index (χ1v) is 10.1. The molecule has 0 saturated heterocycles. The van der Waals surface area contributed by atoms with Gasteiger partial charge in [-0.2, -0.15) is 0 Å². The fourth-order valence-electron chi connectivity index (χ4n) is 3.00. The van der Waals surface area contributed by atoms with Crippen molar-refractivity contribution in [2.24, 2.45) is 0 Å². The van der Waals surface area contributed by atoms with Gasteiger partial charge in [0, 0.05) is 22.9 Å². The predicted octanol–water partition coefficient (Wildman–Crippen LogP) is 4.08. The minimum atomic E-state index is -0.540. The zero-order chi connectivity index (χ0) is 22.4. The summed E-state index contributed by atoms with van der Waals surface area (Å²) in [7, 11) is 0. The molecule has 0 saturated carbocycles. The number of nitrogens with one attached hydrogen (secondary N) is 3. The number of aromatic nitrogens is 1. The van der Waals surface area contributed by atoms with Crippen LogP contribution >= 0.6 is 11.6 Å². The number of benzene rings is 2. The lowest BCUT2D eigenvalue weighted by atomic mass is 10.2. The number of urea groups is 1. The van der Waals surface area contributed by atoms with Crippen molar-refractivity contribution >= 4 is 34.9 Å². The van der Waals surface area contributed by atoms with Crippen LogP contribution in [0.2, 0.25) is 5.02 Å². The van der Waals surface area contributed by atoms with Crippen LogP contribution in [0, 0.1) is 13.8 Å². The van der Waals surface area contributed by atoms with Gasteiger partial charge in [-0.3, -0.25) is 9.59 Å². The Morgan fingerprint density at radius 1 is 0.968 bits per heavy atom. The third-order valence-corrected chi connectivity index (χ3v) is 5.02. The third kappa shape index (κ3) is 5.96. The van der Waals surface area contributed by atoms with E-state index in [0.717, 1.165) is 11.1 Å². The highest BCUT2D eigenvalue weighted by Gasteiger charge is 2.13. The Labute approximate surface area is 185 Å². The number of hydrogen-bond donors (Lipinski definition) is 3. The molecule has 0 bridgehead atoms. The molecule has 3 amide bonds. The molecule has 0 aliphatic rings. The van der Waals surface area contributed by atoms with Crippen molar-refractivity contribution in [3.63, 3.8) is 0 Å². The molecule has 3 rings (SSSR count). The average molecular weight is 439 g/mol. The first kappa shape index (κ1) is 22.1. The smallest absolute Gasteiger partial charge is 0.323 e. The van der Waals surface area contributed by atoms with Crippen LogP contribution in [-0.4, -0.2) is 16.5 Å². The molecular weight excluding hydrogens is 416 g/mol. The van der Waals surface area contributed by atoms with Gasteiger partial charge in [0.25, 0.3) is 5.56 Å². The molecule has 0 radical (unpaired) electrons. The van der Waals surface area contributed by atoms with Gasteiger partial charge in [-0.1, -0.05) is 41.9 Å². The van der Waals surface area contributed by atoms with Crippen LogP contribution in [0.5, 0.6) is 0 Å². The lowest BCUT2D eigenvalue weighted by molar-refractivity contribution is -0.121. The Morgan fingerprint density at radius 3 is 2.48 bits per heavy atom. The number of pyridine rings is 1. The van der Waals surface area contributed by atoms with E-state index in [-0.39, 0.29) is 24.7 Å². The Balaban J connectivity index is 1.67. The van der Waals surface area contributed by atoms with E-state index in [0.29, 0.717) is 16.4 Å². The van der Waals surface area contributed by atoms with Gasteiger partial charge in [0.15, 0.2) is 0 Å². The summed E-state index contributed by atoms with van der Waals surface area (Å²) in [5, 5.41) is 8.55. The lowest BCUT2D eigenvalue weighted by Crippen LogP contribution is -2.35. The number of anilines is 2. The van der Waals surface area contributed by atoms with Crippen molar-refractivity contribution in [2.45, 2.75) is 26.9 Å². The molecule has 0 atom stereocenters. The normalized spacial score (nSPS) is 10.4. The van der Waals surface area contributed by atoms with Gasteiger partial charge < -0.3 is 20.5 Å². The molecule has 31 heavy (non-hydrogen) atoms. The molecular formula is C23H23ClN4O3. The second-order valence-corrected chi connectivity index (χ2v) is 7.50. The van der Waals surface area contributed by atoms with Gasteiger partial charge in [0.1, 0.15) is 12.2 Å². The van der Waals surface area contributed by atoms with Crippen molar-refractivity contribution in [3.05, 3.63) is 92.9 Å². The fraction of sp³-hybridized carbons (Fsp3) is 0.174. The Morgan fingerprint density at radius 2 is 1.74 bits per heavy atom. The van der Waals surface area contributed by atoms with E-state index in [4.69, 9.17) is 11.6 Å². The molecule has 3 aromatic rings. The molecule has 0 spiro atoms. The number of carbonyl (C=O) groups excluding carboxylic acids is 2. The second kappa shape index (κ2) is 9.95. The average Bonchev–Trinajstić information content (AvgIpc) is 2.72. The van der Waals surface area contributed by atoms with Crippen LogP contribution in [0.1, 0.15) is 16.8 Å². The maximum Gasteiger partial charge on any atom is 0.323 e. The minimum absolute atomic E-state index is 0.0784. The summed E-state index contributed by atoms with van der Waals surface area (Å²) in [6.07, 6.45) is 0. The molecule has 0 aliphatic heterocycles. The molecule has 0 unspecified atom stereocenters. The summed E-state index contributed by atoms with van der Waals surface area (Å²) in [4.78, 5) is 37.5. The van der Waals surface area contributed by atoms with Gasteiger partial charge in [-0.05, 0) is 55.3 Å². The highest BCUT2D eigenvalue weighted by Crippen LogP contribution is 2.14. The molecule has 1 aromatic heterocycles. The number of carbonyl (C=O) groups is 2. The molecule has 8 heteroatoms. The highest BCUT2D eigenvalue weighted by atomic mass is 35.5. The second-order valence-electron chi connectivity index (χ2n) is 7.10. The Hall–Kier alpha value is -3.58. The summed E-state index contributed by atoms with van der Waals surface area (Å²) in [6, 6.07) is 17.2. The molecule has 1 heterocycles. The van der Waals surface area contributed by atoms with E-state index in [9.17, 15) is 14.4 Å². The van der Waals surface area contributed by atoms with Crippen LogP contribution in [0.4, 0.5) is 16.2 Å². The van der Waals surface area contributed by atoms with Gasteiger partial charge in [-0.25, -0.2) is 4.79 Å². The maximum absolute atomic E-state index is 12.8. The molecule has 0 fully saturated rings. The fourth-order valence-corrected chi connectivity index (χ4v) is 3.21. The van der Waals surface area contributed by atoms with E-state index in [1.54, 1.807) is 25.1 Å². The zero-order valence-electron chi connectivity index (χ0n) is 17.2. The monoisotopic (exact) mass is 438 g/mol. The molecule has 160 valence electrons. The van der Waals surface area contributed by atoms with Crippen molar-refractivity contribution in [1.29, 1.82) is 0 Å². The predicted molar refractivity (Wildman–Crippen MR) is 123 cm³/mol. The Bertz CT molecular complexity index is 1170. The third-order valence-electron chi connectivity index (χ3n) is 4.65. The number of rotatable bonds is 6. The summed E-state index contributed by atoms with van der Waals surface area (Å²) in [6.45, 7) is 3.71. The van der Waals surface area contributed by atoms with Gasteiger partial charge >= 0.3 is 6.03 Å². The molecule has 2 aromatic carbocycles. The van der Waals surface area contributed by atoms with Crippen LogP contribution in [0.15, 0.2) is 65.5 Å². The highest BCUT2D eigenvalue weighted by molar-refractivity contribution is 6.31. The first-order valence-electron chi connectivity index (χ1n) is 9.68. The van der Waals surface area contributed by atoms with E-state index in [2.05, 4.69) is 16.0 Å². The number of aryl methyl sites for hydroxylation is 2. The topological polar surface area (TPSA) is 92.2 Å². The van der Waals surface area contributed by atoms with E-state index < -0.39 is 11.6 Å². The molecule has 3 N–H and O–H groups in total. The van der Waals surface area contributed by atoms with E-state index >= 15 is 0 Å². The summed E-state index contributed by atoms with van der Waals surface area (Å²) in [5.41, 5.74) is 2.61. The van der Waals surface area contributed by atoms with Crippen molar-refractivity contribution < 1.29 is 9.59 Å². The number of halogens is 1. The number of hydrogen-bond acceptors (Lipinski definition) is 3. The molecule has 7 nitrogen and oxygen atoms in total. The quantitative estimate of drug-likeness (QED) is 0.541. The van der Waals surface area contributed by atoms with Crippen molar-refractivity contribution in [2.75, 3.05) is 10.6 Å². The van der Waals surface area contributed by atoms with Crippen LogP contribution in [0.3, 0.4) is 0 Å². The SMILES string of the molecule is Cc1cccc(NC(=O)Nc2ccc(C)n(CC(=O)NCc3ccccc3Cl)c2=O)c1. The molecule has 0 aliphatic carbocycles. The first-order chi connectivity index (χ1) is 14.8. The summed E-state index contributed by atoms with van der Waals surface area (Å²) >= 11 is 6.10. The van der Waals surface area contributed by atoms with Crippen LogP contribution in [-0.2, 0) is 17.9 Å². The van der Waals surface area contributed by atoms with E-state index in [1.807, 2.05) is 43.3 Å². The van der Waals surface area contributed by atoms with Gasteiger partial charge in [-0.15, -0.1) is 0 Å². The van der Waals surface area contributed by atoms with Crippen molar-refractivity contribution in [1.82, 2.24) is 9.88 Å². The number of nitrogens with zero attached hydrogens (tertiary/aromatic N) is 1. The Kier molecular flexibility index (Phi) is 7.10. The van der Waals surface area contributed by atoms with Gasteiger partial charge in [0.05, 0.1) is 0 Å². The van der Waals surface area contributed by atoms with Crippen LogP contribution < -0.4 is 21.5 Å². The lowest BCUT2D eigenvalue weighted by Gasteiger charge is -2.13. The maximum atomic E-state index is 12.8. The van der Waals surface area contributed by atoms with Gasteiger partial charge in [0.2, 0.25) is 5.91 Å². The summed E-state index contributed by atoms with van der Waals surface area (Å²) < 4.78 is 1.31. The van der Waals surface area contributed by atoms with Crippen molar-refractivity contribution in [3.8, 4) is 0 Å². The number of amides is 3. The minimum Gasteiger partial charge on any atom is -0.350 e. The van der Waals surface area contributed by atoms with E-state index in [1.165, 1.54) is 10.6 Å².